The SMILES string of the molecule is CNc1cc(C(C)(C)C)nc2c(C(C)(C)C)cncc12. The highest BCUT2D eigenvalue weighted by Gasteiger charge is 2.23. The molecular formula is C17H25N3. The predicted molar refractivity (Wildman–Crippen MR) is 86.5 cm³/mol. The Bertz CT molecular complexity index is 631. The van der Waals surface area contributed by atoms with Crippen molar-refractivity contribution in [3.05, 3.63) is 29.7 Å². The zero-order valence-corrected chi connectivity index (χ0v) is 13.6. The molecular weight excluding hydrogens is 246 g/mol. The minimum absolute atomic E-state index is 0.0260. The molecule has 0 spiro atoms. The summed E-state index contributed by atoms with van der Waals surface area (Å²) in [6, 6.07) is 2.14. The van der Waals surface area contributed by atoms with E-state index in [1.54, 1.807) is 0 Å². The fourth-order valence-corrected chi connectivity index (χ4v) is 2.28. The van der Waals surface area contributed by atoms with Crippen LogP contribution in [0.3, 0.4) is 0 Å². The van der Waals surface area contributed by atoms with Gasteiger partial charge in [0.2, 0.25) is 0 Å². The van der Waals surface area contributed by atoms with E-state index in [-0.39, 0.29) is 10.8 Å². The van der Waals surface area contributed by atoms with Gasteiger partial charge in [-0.3, -0.25) is 9.97 Å². The largest absolute Gasteiger partial charge is 0.387 e. The standard InChI is InChI=1S/C17H25N3/c1-16(2,3)12-10-19-9-11-13(18-7)8-14(17(4,5)6)20-15(11)12/h8-10H,1-7H3,(H,18,20). The molecule has 0 atom stereocenters. The number of nitrogens with one attached hydrogen (secondary N) is 1. The lowest BCUT2D eigenvalue weighted by Crippen LogP contribution is -2.17. The molecule has 0 aliphatic rings. The van der Waals surface area contributed by atoms with E-state index in [1.807, 2.05) is 19.4 Å². The summed E-state index contributed by atoms with van der Waals surface area (Å²) in [5, 5.41) is 4.37. The molecule has 0 bridgehead atoms. The molecule has 0 saturated carbocycles. The number of pyridine rings is 2. The third-order valence-electron chi connectivity index (χ3n) is 3.57. The van der Waals surface area contributed by atoms with Gasteiger partial charge >= 0.3 is 0 Å². The van der Waals surface area contributed by atoms with Gasteiger partial charge in [0.25, 0.3) is 0 Å². The van der Waals surface area contributed by atoms with Crippen molar-refractivity contribution in [2.75, 3.05) is 12.4 Å². The van der Waals surface area contributed by atoms with Gasteiger partial charge < -0.3 is 5.32 Å². The fourth-order valence-electron chi connectivity index (χ4n) is 2.28. The van der Waals surface area contributed by atoms with E-state index in [2.05, 4.69) is 57.9 Å². The van der Waals surface area contributed by atoms with Gasteiger partial charge in [-0.1, -0.05) is 41.5 Å². The number of hydrogen-bond acceptors (Lipinski definition) is 3. The summed E-state index contributed by atoms with van der Waals surface area (Å²) in [7, 11) is 1.95. The summed E-state index contributed by atoms with van der Waals surface area (Å²) in [5.41, 5.74) is 4.51. The van der Waals surface area contributed by atoms with Gasteiger partial charge in [-0.25, -0.2) is 0 Å². The van der Waals surface area contributed by atoms with Crippen LogP contribution in [0.25, 0.3) is 10.9 Å². The maximum atomic E-state index is 4.94. The molecule has 0 aliphatic heterocycles. The van der Waals surface area contributed by atoms with E-state index in [0.29, 0.717) is 0 Å². The number of fused-ring (bicyclic) bond motifs is 1. The Balaban J connectivity index is 2.87. The van der Waals surface area contributed by atoms with E-state index in [9.17, 15) is 0 Å². The number of anilines is 1. The molecule has 2 aromatic heterocycles. The number of rotatable bonds is 1. The highest BCUT2D eigenvalue weighted by molar-refractivity contribution is 5.93. The summed E-state index contributed by atoms with van der Waals surface area (Å²) >= 11 is 0. The molecule has 3 nitrogen and oxygen atoms in total. The topological polar surface area (TPSA) is 37.8 Å². The molecule has 0 amide bonds. The van der Waals surface area contributed by atoms with Gasteiger partial charge in [0.15, 0.2) is 0 Å². The van der Waals surface area contributed by atoms with Crippen molar-refractivity contribution in [1.29, 1.82) is 0 Å². The molecule has 0 aromatic carbocycles. The highest BCUT2D eigenvalue weighted by Crippen LogP contribution is 2.34. The van der Waals surface area contributed by atoms with Crippen LogP contribution >= 0.6 is 0 Å². The average molecular weight is 271 g/mol. The second kappa shape index (κ2) is 4.72. The van der Waals surface area contributed by atoms with Crippen molar-refractivity contribution in [1.82, 2.24) is 9.97 Å². The van der Waals surface area contributed by atoms with Gasteiger partial charge in [-0.05, 0) is 11.5 Å². The molecule has 0 radical (unpaired) electrons. The normalized spacial score (nSPS) is 12.8. The van der Waals surface area contributed by atoms with E-state index < -0.39 is 0 Å². The Hall–Kier alpha value is -1.64. The van der Waals surface area contributed by atoms with Gasteiger partial charge in [-0.2, -0.15) is 0 Å². The lowest BCUT2D eigenvalue weighted by Gasteiger charge is -2.24. The molecule has 1 N–H and O–H groups in total. The quantitative estimate of drug-likeness (QED) is 0.842. The van der Waals surface area contributed by atoms with Crippen molar-refractivity contribution < 1.29 is 0 Å². The van der Waals surface area contributed by atoms with Crippen LogP contribution < -0.4 is 5.32 Å². The summed E-state index contributed by atoms with van der Waals surface area (Å²) in [6.45, 7) is 13.2. The summed E-state index contributed by atoms with van der Waals surface area (Å²) < 4.78 is 0. The van der Waals surface area contributed by atoms with Crippen molar-refractivity contribution >= 4 is 16.6 Å². The number of aromatic nitrogens is 2. The van der Waals surface area contributed by atoms with Crippen LogP contribution in [-0.4, -0.2) is 17.0 Å². The Morgan fingerprint density at radius 1 is 0.950 bits per heavy atom. The number of nitrogens with zero attached hydrogens (tertiary/aromatic N) is 2. The van der Waals surface area contributed by atoms with E-state index in [1.165, 1.54) is 5.56 Å². The van der Waals surface area contributed by atoms with Crippen LogP contribution in [-0.2, 0) is 10.8 Å². The van der Waals surface area contributed by atoms with Gasteiger partial charge in [0.05, 0.1) is 5.52 Å². The number of hydrogen-bond donors (Lipinski definition) is 1. The third-order valence-corrected chi connectivity index (χ3v) is 3.57. The predicted octanol–water partition coefficient (Wildman–Crippen LogP) is 4.27. The summed E-state index contributed by atoms with van der Waals surface area (Å²) in [5.74, 6) is 0. The first-order valence-corrected chi connectivity index (χ1v) is 7.12. The Morgan fingerprint density at radius 3 is 2.10 bits per heavy atom. The minimum Gasteiger partial charge on any atom is -0.387 e. The maximum Gasteiger partial charge on any atom is 0.0794 e. The lowest BCUT2D eigenvalue weighted by molar-refractivity contribution is 0.567. The highest BCUT2D eigenvalue weighted by atomic mass is 14.9. The Morgan fingerprint density at radius 2 is 1.60 bits per heavy atom. The molecule has 108 valence electrons. The monoisotopic (exact) mass is 271 g/mol. The first kappa shape index (κ1) is 14.8. The first-order valence-electron chi connectivity index (χ1n) is 7.12. The van der Waals surface area contributed by atoms with E-state index in [0.717, 1.165) is 22.3 Å². The second-order valence-electron chi connectivity index (χ2n) is 7.39. The molecule has 0 fully saturated rings. The van der Waals surface area contributed by atoms with Crippen molar-refractivity contribution in [3.8, 4) is 0 Å². The van der Waals surface area contributed by atoms with Gasteiger partial charge in [-0.15, -0.1) is 0 Å². The van der Waals surface area contributed by atoms with Gasteiger partial charge in [0.1, 0.15) is 0 Å². The lowest BCUT2D eigenvalue weighted by atomic mass is 9.85. The van der Waals surface area contributed by atoms with Crippen molar-refractivity contribution in [3.63, 3.8) is 0 Å². The molecule has 2 heterocycles. The van der Waals surface area contributed by atoms with Gasteiger partial charge in [0, 0.05) is 47.2 Å². The first-order chi connectivity index (χ1) is 9.14. The molecule has 0 aliphatic carbocycles. The zero-order chi connectivity index (χ0) is 15.1. The van der Waals surface area contributed by atoms with Crippen LogP contribution in [0.5, 0.6) is 0 Å². The van der Waals surface area contributed by atoms with Crippen LogP contribution in [0, 0.1) is 0 Å². The van der Waals surface area contributed by atoms with Crippen molar-refractivity contribution in [2.45, 2.75) is 52.4 Å². The van der Waals surface area contributed by atoms with Crippen LogP contribution in [0.4, 0.5) is 5.69 Å². The average Bonchev–Trinajstić information content (AvgIpc) is 2.34. The van der Waals surface area contributed by atoms with Crippen LogP contribution in [0.1, 0.15) is 52.8 Å². The summed E-state index contributed by atoms with van der Waals surface area (Å²) in [6.07, 6.45) is 3.84. The molecule has 0 saturated heterocycles. The Labute approximate surface area is 121 Å². The Kier molecular flexibility index (Phi) is 3.49. The smallest absolute Gasteiger partial charge is 0.0794 e. The fraction of sp³-hybridized carbons (Fsp3) is 0.529. The van der Waals surface area contributed by atoms with Crippen LogP contribution in [0.2, 0.25) is 0 Å². The van der Waals surface area contributed by atoms with Crippen molar-refractivity contribution in [2.24, 2.45) is 0 Å². The van der Waals surface area contributed by atoms with E-state index in [4.69, 9.17) is 4.98 Å². The third kappa shape index (κ3) is 2.62. The van der Waals surface area contributed by atoms with E-state index >= 15 is 0 Å². The molecule has 3 heteroatoms. The molecule has 0 unspecified atom stereocenters. The second-order valence-corrected chi connectivity index (χ2v) is 7.39. The summed E-state index contributed by atoms with van der Waals surface area (Å²) in [4.78, 5) is 9.34. The minimum atomic E-state index is 0.0260. The maximum absolute atomic E-state index is 4.94. The molecule has 2 aromatic rings. The molecule has 20 heavy (non-hydrogen) atoms. The zero-order valence-electron chi connectivity index (χ0n) is 13.6. The van der Waals surface area contributed by atoms with Crippen LogP contribution in [0.15, 0.2) is 18.5 Å². The molecule has 2 rings (SSSR count).